The smallest absolute Gasteiger partial charge is 0.190 e. The van der Waals surface area contributed by atoms with Crippen molar-refractivity contribution in [2.24, 2.45) is 0 Å². The highest BCUT2D eigenvalue weighted by atomic mass is 16.1. The molecule has 2 rings (SSSR count). The van der Waals surface area contributed by atoms with E-state index in [2.05, 4.69) is 163 Å². The van der Waals surface area contributed by atoms with Gasteiger partial charge in [-0.15, -0.1) is 0 Å². The summed E-state index contributed by atoms with van der Waals surface area (Å²) in [7, 11) is 0. The number of allylic oxidation sites excluding steroid dienone is 26. The Morgan fingerprint density at radius 1 is 0.306 bits per heavy atom. The molecule has 0 radical (unpaired) electrons. The number of hydrogen-bond donors (Lipinski definition) is 0. The lowest BCUT2D eigenvalue weighted by molar-refractivity contribution is 0.0983. The Bertz CT molecular complexity index is 2260. The van der Waals surface area contributed by atoms with Gasteiger partial charge in [-0.05, 0) is 244 Å². The lowest BCUT2D eigenvalue weighted by Crippen LogP contribution is -2.16. The van der Waals surface area contributed by atoms with Crippen LogP contribution in [0.25, 0.3) is 0 Å². The summed E-state index contributed by atoms with van der Waals surface area (Å²) in [5, 5.41) is 0. The van der Waals surface area contributed by atoms with E-state index in [4.69, 9.17) is 0 Å². The Labute approximate surface area is 443 Å². The second-order valence-corrected chi connectivity index (χ2v) is 21.9. The van der Waals surface area contributed by atoms with Gasteiger partial charge < -0.3 is 0 Å². The van der Waals surface area contributed by atoms with Crippen molar-refractivity contribution in [3.63, 3.8) is 0 Å². The summed E-state index contributed by atoms with van der Waals surface area (Å²) < 4.78 is 0. The molecule has 1 aromatic carbocycles. The van der Waals surface area contributed by atoms with E-state index < -0.39 is 0 Å². The van der Waals surface area contributed by atoms with Crippen LogP contribution in [0.1, 0.15) is 258 Å². The molecule has 1 aromatic rings. The van der Waals surface area contributed by atoms with E-state index in [-0.39, 0.29) is 11.6 Å². The molecule has 2 heteroatoms. The minimum atomic E-state index is -0.0697. The Balaban J connectivity index is 1.55. The first-order valence-corrected chi connectivity index (χ1v) is 28.2. The number of fused-ring (bicyclic) bond motifs is 1. The van der Waals surface area contributed by atoms with Crippen LogP contribution < -0.4 is 0 Å². The normalized spacial score (nSPS) is 15.4. The third kappa shape index (κ3) is 30.9. The molecule has 0 amide bonds. The van der Waals surface area contributed by atoms with E-state index in [1.165, 1.54) is 98.6 Å². The molecule has 0 N–H and O–H groups in total. The summed E-state index contributed by atoms with van der Waals surface area (Å²) in [4.78, 5) is 25.3. The quantitative estimate of drug-likeness (QED) is 0.0635. The van der Waals surface area contributed by atoms with Crippen molar-refractivity contribution in [2.75, 3.05) is 0 Å². The zero-order valence-electron chi connectivity index (χ0n) is 48.4. The average molecular weight is 976 g/mol. The van der Waals surface area contributed by atoms with Crippen LogP contribution in [0.4, 0.5) is 0 Å². The second kappa shape index (κ2) is 37.9. The third-order valence-corrected chi connectivity index (χ3v) is 14.1. The minimum Gasteiger partial charge on any atom is -0.289 e. The van der Waals surface area contributed by atoms with E-state index >= 15 is 0 Å². The molecule has 0 unspecified atom stereocenters. The van der Waals surface area contributed by atoms with E-state index in [0.29, 0.717) is 23.1 Å². The maximum Gasteiger partial charge on any atom is 0.190 e. The topological polar surface area (TPSA) is 34.1 Å². The highest BCUT2D eigenvalue weighted by Gasteiger charge is 2.24. The maximum absolute atomic E-state index is 12.9. The van der Waals surface area contributed by atoms with Crippen LogP contribution in [0.2, 0.25) is 0 Å². The number of benzene rings is 1. The van der Waals surface area contributed by atoms with Gasteiger partial charge in [0.1, 0.15) is 0 Å². The lowest BCUT2D eigenvalue weighted by Gasteiger charge is -2.14. The van der Waals surface area contributed by atoms with Crippen LogP contribution in [0.5, 0.6) is 0 Å². The highest BCUT2D eigenvalue weighted by molar-refractivity contribution is 6.24. The number of rotatable bonds is 35. The molecule has 0 aliphatic heterocycles. The fraction of sp³-hybridized carbons (Fsp3) is 0.514. The zero-order chi connectivity index (χ0) is 53.1. The second-order valence-electron chi connectivity index (χ2n) is 21.9. The van der Waals surface area contributed by atoms with Crippen LogP contribution in [0, 0.1) is 0 Å². The molecule has 2 nitrogen and oxygen atoms in total. The van der Waals surface area contributed by atoms with Crippen molar-refractivity contribution in [1.82, 2.24) is 0 Å². The van der Waals surface area contributed by atoms with Crippen molar-refractivity contribution in [2.45, 2.75) is 238 Å². The van der Waals surface area contributed by atoms with Gasteiger partial charge in [-0.25, -0.2) is 0 Å². The van der Waals surface area contributed by atoms with Gasteiger partial charge in [0, 0.05) is 16.7 Å². The lowest BCUT2D eigenvalue weighted by atomic mass is 9.88. The predicted molar refractivity (Wildman–Crippen MR) is 320 cm³/mol. The summed E-state index contributed by atoms with van der Waals surface area (Å²) in [6.07, 6.45) is 55.8. The van der Waals surface area contributed by atoms with Gasteiger partial charge in [0.25, 0.3) is 0 Å². The van der Waals surface area contributed by atoms with Crippen LogP contribution in [-0.4, -0.2) is 11.6 Å². The van der Waals surface area contributed by atoms with Crippen LogP contribution >= 0.6 is 0 Å². The first kappa shape index (κ1) is 63.3. The van der Waals surface area contributed by atoms with Gasteiger partial charge in [0.2, 0.25) is 0 Å². The fourth-order valence-corrected chi connectivity index (χ4v) is 8.98. The van der Waals surface area contributed by atoms with Gasteiger partial charge in [0.05, 0.1) is 0 Å². The zero-order valence-corrected chi connectivity index (χ0v) is 48.4. The third-order valence-electron chi connectivity index (χ3n) is 14.1. The van der Waals surface area contributed by atoms with Gasteiger partial charge in [-0.2, -0.15) is 0 Å². The van der Waals surface area contributed by atoms with E-state index in [0.717, 1.165) is 116 Å². The molecule has 0 spiro atoms. The molecule has 0 saturated heterocycles. The molecular weight excluding hydrogens is 873 g/mol. The van der Waals surface area contributed by atoms with E-state index in [1.54, 1.807) is 18.2 Å². The number of Topliss-reactive ketones (excluding diaryl/α,β-unsaturated/α-hetero) is 1. The molecule has 0 fully saturated rings. The van der Waals surface area contributed by atoms with Crippen LogP contribution in [0.15, 0.2) is 176 Å². The van der Waals surface area contributed by atoms with E-state index in [9.17, 15) is 9.59 Å². The summed E-state index contributed by atoms with van der Waals surface area (Å²) >= 11 is 0. The van der Waals surface area contributed by atoms with Crippen molar-refractivity contribution >= 4 is 11.6 Å². The SMILES string of the molecule is CC(C)=CCC/C(C)=C/CC/C(C)=C/CC/C(C)=C/CC/C(C)=C/CC/C(C)=C/CC/C(C)=C/CC/C(C)=C/CC/C(C)=C/CC/C(C)=C/CC/C(C)=C/CC/C(C)=C/CC1=CC(=O)c2ccccc2C1=O. The summed E-state index contributed by atoms with van der Waals surface area (Å²) in [6.45, 7) is 29.4. The monoisotopic (exact) mass is 975 g/mol. The Morgan fingerprint density at radius 3 is 0.778 bits per heavy atom. The molecule has 0 atom stereocenters. The molecule has 0 heterocycles. The number of ketones is 2. The molecule has 0 bridgehead atoms. The van der Waals surface area contributed by atoms with Gasteiger partial charge >= 0.3 is 0 Å². The van der Waals surface area contributed by atoms with Crippen molar-refractivity contribution < 1.29 is 9.59 Å². The molecule has 1 aliphatic rings. The molecular formula is C70H102O2. The fourth-order valence-electron chi connectivity index (χ4n) is 8.98. The first-order valence-electron chi connectivity index (χ1n) is 28.2. The van der Waals surface area contributed by atoms with Crippen LogP contribution in [0.3, 0.4) is 0 Å². The Kier molecular flexibility index (Phi) is 33.3. The van der Waals surface area contributed by atoms with Crippen molar-refractivity contribution in [3.8, 4) is 0 Å². The first-order chi connectivity index (χ1) is 34.4. The molecule has 0 saturated carbocycles. The van der Waals surface area contributed by atoms with Crippen LogP contribution in [-0.2, 0) is 0 Å². The van der Waals surface area contributed by atoms with Gasteiger partial charge in [-0.3, -0.25) is 9.59 Å². The number of hydrogen-bond acceptors (Lipinski definition) is 2. The molecule has 0 aromatic heterocycles. The number of carbonyl (C=O) groups excluding carboxylic acids is 2. The highest BCUT2D eigenvalue weighted by Crippen LogP contribution is 2.25. The summed E-state index contributed by atoms with van der Waals surface area (Å²) in [6, 6.07) is 7.11. The van der Waals surface area contributed by atoms with E-state index in [1.807, 2.05) is 6.07 Å². The summed E-state index contributed by atoms with van der Waals surface area (Å²) in [5.74, 6) is -0.0949. The molecule has 72 heavy (non-hydrogen) atoms. The number of carbonyl (C=O) groups is 2. The van der Waals surface area contributed by atoms with Gasteiger partial charge in [0.15, 0.2) is 11.6 Å². The Morgan fingerprint density at radius 2 is 0.528 bits per heavy atom. The van der Waals surface area contributed by atoms with Gasteiger partial charge in [-0.1, -0.05) is 164 Å². The predicted octanol–water partition coefficient (Wildman–Crippen LogP) is 22.3. The standard InChI is InChI=1S/C70H102O2/c1-54(2)27-16-28-55(3)29-17-30-56(4)31-18-32-57(5)33-19-34-58(6)35-20-36-59(7)37-21-38-60(8)39-22-40-61(9)41-23-42-62(10)43-24-44-63(11)45-25-46-64(12)47-26-48-65(13)51-52-66-53-69(71)67-49-14-15-50-68(67)70(66)72/h14-15,27,29,31,33,35,37,39,41,43,45,47,49-51,53H,16-26,28,30,32,34,36,38,40,42,44,46,48,52H2,1-13H3/b55-29+,56-31+,57-33+,58-35+,59-37+,60-39+,61-41+,62-43+,63-45+,64-47+,65-51+. The molecule has 394 valence electrons. The Hall–Kier alpha value is -4.82. The summed E-state index contributed by atoms with van der Waals surface area (Å²) in [5.41, 5.74) is 19.4. The van der Waals surface area contributed by atoms with Crippen molar-refractivity contribution in [3.05, 3.63) is 187 Å². The minimum absolute atomic E-state index is 0.0252. The van der Waals surface area contributed by atoms with Crippen molar-refractivity contribution in [1.29, 1.82) is 0 Å². The largest absolute Gasteiger partial charge is 0.289 e. The molecule has 1 aliphatic carbocycles. The average Bonchev–Trinajstić information content (AvgIpc) is 3.32. The maximum atomic E-state index is 12.9.